The van der Waals surface area contributed by atoms with E-state index in [1.165, 1.54) is 12.7 Å². The van der Waals surface area contributed by atoms with Crippen LogP contribution in [-0.2, 0) is 32.0 Å². The summed E-state index contributed by atoms with van der Waals surface area (Å²) >= 11 is 5.93. The SMILES string of the molecule is COC(=O)C(Cc1cccc(O)c1)NC(=O)C(NC(=O)CCCCc1ccc(Cl)cc1)C1CCCCC1. The summed E-state index contributed by atoms with van der Waals surface area (Å²) in [7, 11) is 1.27. The second-order valence-electron chi connectivity index (χ2n) is 9.74. The number of hydrogen-bond acceptors (Lipinski definition) is 5. The number of esters is 1. The largest absolute Gasteiger partial charge is 0.508 e. The highest BCUT2D eigenvalue weighted by molar-refractivity contribution is 6.30. The number of amides is 2. The minimum absolute atomic E-state index is 0.0193. The third-order valence-corrected chi connectivity index (χ3v) is 7.16. The molecule has 3 N–H and O–H groups in total. The molecule has 0 radical (unpaired) electrons. The van der Waals surface area contributed by atoms with E-state index in [0.29, 0.717) is 23.4 Å². The summed E-state index contributed by atoms with van der Waals surface area (Å²) in [6.07, 6.45) is 7.74. The molecule has 0 aliphatic heterocycles. The Labute approximate surface area is 223 Å². The summed E-state index contributed by atoms with van der Waals surface area (Å²) in [5.41, 5.74) is 1.86. The van der Waals surface area contributed by atoms with Gasteiger partial charge in [0.1, 0.15) is 17.8 Å². The van der Waals surface area contributed by atoms with Crippen LogP contribution in [0.2, 0.25) is 5.02 Å². The number of carbonyl (C=O) groups is 3. The number of aryl methyl sites for hydroxylation is 1. The fourth-order valence-corrected chi connectivity index (χ4v) is 5.02. The average Bonchev–Trinajstić information content (AvgIpc) is 2.90. The highest BCUT2D eigenvalue weighted by Crippen LogP contribution is 2.27. The van der Waals surface area contributed by atoms with Gasteiger partial charge in [-0.3, -0.25) is 9.59 Å². The van der Waals surface area contributed by atoms with E-state index in [4.69, 9.17) is 16.3 Å². The topological polar surface area (TPSA) is 105 Å². The number of phenols is 1. The number of phenolic OH excluding ortho intramolecular Hbond substituents is 1. The number of methoxy groups -OCH3 is 1. The lowest BCUT2D eigenvalue weighted by Crippen LogP contribution is -2.55. The summed E-state index contributed by atoms with van der Waals surface area (Å²) in [4.78, 5) is 38.7. The molecule has 2 unspecified atom stereocenters. The average molecular weight is 529 g/mol. The van der Waals surface area contributed by atoms with Crippen molar-refractivity contribution in [3.63, 3.8) is 0 Å². The molecule has 0 heterocycles. The van der Waals surface area contributed by atoms with Gasteiger partial charge >= 0.3 is 5.97 Å². The van der Waals surface area contributed by atoms with Gasteiger partial charge in [0.2, 0.25) is 11.8 Å². The molecule has 0 spiro atoms. The Kier molecular flexibility index (Phi) is 11.3. The van der Waals surface area contributed by atoms with E-state index in [0.717, 1.165) is 44.9 Å². The van der Waals surface area contributed by atoms with Gasteiger partial charge in [-0.25, -0.2) is 4.79 Å². The fraction of sp³-hybridized carbons (Fsp3) is 0.483. The van der Waals surface area contributed by atoms with Crippen molar-refractivity contribution in [3.05, 3.63) is 64.7 Å². The van der Waals surface area contributed by atoms with Crippen LogP contribution in [0.15, 0.2) is 48.5 Å². The maximum atomic E-state index is 13.4. The Balaban J connectivity index is 1.60. The van der Waals surface area contributed by atoms with Crippen LogP contribution >= 0.6 is 11.6 Å². The second-order valence-corrected chi connectivity index (χ2v) is 10.2. The summed E-state index contributed by atoms with van der Waals surface area (Å²) in [6, 6.07) is 12.6. The zero-order chi connectivity index (χ0) is 26.6. The van der Waals surface area contributed by atoms with Crippen molar-refractivity contribution in [1.29, 1.82) is 0 Å². The van der Waals surface area contributed by atoms with Crippen LogP contribution in [-0.4, -0.2) is 42.1 Å². The Morgan fingerprint density at radius 3 is 2.41 bits per heavy atom. The predicted molar refractivity (Wildman–Crippen MR) is 143 cm³/mol. The number of halogens is 1. The molecule has 2 aromatic rings. The van der Waals surface area contributed by atoms with Gasteiger partial charge in [0.25, 0.3) is 0 Å². The van der Waals surface area contributed by atoms with Crippen molar-refractivity contribution in [1.82, 2.24) is 10.6 Å². The molecule has 1 aliphatic rings. The number of benzene rings is 2. The lowest BCUT2D eigenvalue weighted by atomic mass is 9.83. The second kappa shape index (κ2) is 14.6. The molecular weight excluding hydrogens is 492 g/mol. The number of rotatable bonds is 12. The number of ether oxygens (including phenoxy) is 1. The Bertz CT molecular complexity index is 1040. The van der Waals surface area contributed by atoms with E-state index in [-0.39, 0.29) is 29.9 Å². The maximum absolute atomic E-state index is 13.4. The first kappa shape index (κ1) is 28.5. The van der Waals surface area contributed by atoms with E-state index < -0.39 is 18.1 Å². The van der Waals surface area contributed by atoms with Crippen molar-refractivity contribution in [2.75, 3.05) is 7.11 Å². The summed E-state index contributed by atoms with van der Waals surface area (Å²) < 4.78 is 4.92. The van der Waals surface area contributed by atoms with Gasteiger partial charge in [-0.1, -0.05) is 55.1 Å². The van der Waals surface area contributed by atoms with Crippen molar-refractivity contribution < 1.29 is 24.2 Å². The highest BCUT2D eigenvalue weighted by atomic mass is 35.5. The first-order chi connectivity index (χ1) is 17.9. The van der Waals surface area contributed by atoms with Crippen molar-refractivity contribution in [2.45, 2.75) is 76.3 Å². The number of hydrogen-bond donors (Lipinski definition) is 3. The van der Waals surface area contributed by atoms with E-state index in [2.05, 4.69) is 10.6 Å². The van der Waals surface area contributed by atoms with Gasteiger partial charge in [-0.2, -0.15) is 0 Å². The van der Waals surface area contributed by atoms with Crippen LogP contribution in [0, 0.1) is 5.92 Å². The Morgan fingerprint density at radius 2 is 1.73 bits per heavy atom. The van der Waals surface area contributed by atoms with E-state index >= 15 is 0 Å². The lowest BCUT2D eigenvalue weighted by molar-refractivity contribution is -0.145. The molecule has 2 atom stereocenters. The molecule has 2 amide bonds. The lowest BCUT2D eigenvalue weighted by Gasteiger charge is -2.31. The van der Waals surface area contributed by atoms with Crippen LogP contribution in [0.1, 0.15) is 62.5 Å². The molecule has 7 nitrogen and oxygen atoms in total. The smallest absolute Gasteiger partial charge is 0.328 e. The van der Waals surface area contributed by atoms with Gasteiger partial charge in [0.05, 0.1) is 7.11 Å². The Morgan fingerprint density at radius 1 is 1.00 bits per heavy atom. The number of aromatic hydroxyl groups is 1. The predicted octanol–water partition coefficient (Wildman–Crippen LogP) is 4.72. The molecule has 0 aromatic heterocycles. The monoisotopic (exact) mass is 528 g/mol. The van der Waals surface area contributed by atoms with Crippen molar-refractivity contribution >= 4 is 29.4 Å². The molecular formula is C29H37ClN2O5. The third kappa shape index (κ3) is 9.39. The van der Waals surface area contributed by atoms with E-state index in [1.807, 2.05) is 24.3 Å². The normalized spacial score (nSPS) is 15.4. The summed E-state index contributed by atoms with van der Waals surface area (Å²) in [6.45, 7) is 0. The van der Waals surface area contributed by atoms with E-state index in [9.17, 15) is 19.5 Å². The van der Waals surface area contributed by atoms with Crippen LogP contribution in [0.3, 0.4) is 0 Å². The van der Waals surface area contributed by atoms with Crippen LogP contribution in [0.25, 0.3) is 0 Å². The number of carbonyl (C=O) groups excluding carboxylic acids is 3. The minimum Gasteiger partial charge on any atom is -0.508 e. The van der Waals surface area contributed by atoms with Crippen molar-refractivity contribution in [2.24, 2.45) is 5.92 Å². The first-order valence-electron chi connectivity index (χ1n) is 13.1. The fourth-order valence-electron chi connectivity index (χ4n) is 4.89. The summed E-state index contributed by atoms with van der Waals surface area (Å²) in [5, 5.41) is 16.2. The number of unbranched alkanes of at least 4 members (excludes halogenated alkanes) is 1. The van der Waals surface area contributed by atoms with Crippen LogP contribution in [0.5, 0.6) is 5.75 Å². The molecule has 0 saturated heterocycles. The molecule has 8 heteroatoms. The molecule has 3 rings (SSSR count). The standard InChI is InChI=1S/C29H37ClN2O5/c1-37-29(36)25(19-21-9-7-12-24(33)18-21)31-28(35)27(22-10-3-2-4-11-22)32-26(34)13-6-5-8-20-14-16-23(30)17-15-20/h7,9,12,14-18,22,25,27,33H,2-6,8,10-11,13,19H2,1H3,(H,31,35)(H,32,34). The Hall–Kier alpha value is -3.06. The first-order valence-corrected chi connectivity index (χ1v) is 13.4. The molecule has 1 fully saturated rings. The van der Waals surface area contributed by atoms with Gasteiger partial charge in [0, 0.05) is 17.9 Å². The van der Waals surface area contributed by atoms with Gasteiger partial charge in [0.15, 0.2) is 0 Å². The molecule has 0 bridgehead atoms. The maximum Gasteiger partial charge on any atom is 0.328 e. The molecule has 200 valence electrons. The quantitative estimate of drug-likeness (QED) is 0.273. The van der Waals surface area contributed by atoms with E-state index in [1.54, 1.807) is 24.3 Å². The highest BCUT2D eigenvalue weighted by Gasteiger charge is 2.33. The number of nitrogens with one attached hydrogen (secondary N) is 2. The van der Waals surface area contributed by atoms with Gasteiger partial charge in [-0.15, -0.1) is 0 Å². The van der Waals surface area contributed by atoms with Crippen LogP contribution in [0.4, 0.5) is 0 Å². The zero-order valence-electron chi connectivity index (χ0n) is 21.4. The third-order valence-electron chi connectivity index (χ3n) is 6.91. The molecule has 37 heavy (non-hydrogen) atoms. The minimum atomic E-state index is -0.929. The van der Waals surface area contributed by atoms with Gasteiger partial charge in [-0.05, 0) is 73.4 Å². The molecule has 1 aliphatic carbocycles. The summed E-state index contributed by atoms with van der Waals surface area (Å²) in [5.74, 6) is -1.02. The molecule has 2 aromatic carbocycles. The van der Waals surface area contributed by atoms with Crippen molar-refractivity contribution in [3.8, 4) is 5.75 Å². The molecule has 1 saturated carbocycles. The van der Waals surface area contributed by atoms with Crippen LogP contribution < -0.4 is 10.6 Å². The van der Waals surface area contributed by atoms with Gasteiger partial charge < -0.3 is 20.5 Å². The zero-order valence-corrected chi connectivity index (χ0v) is 22.1.